The van der Waals surface area contributed by atoms with E-state index >= 15 is 0 Å². The number of nitrogens with zero attached hydrogens (tertiary/aromatic N) is 1. The van der Waals surface area contributed by atoms with Crippen LogP contribution in [0.25, 0.3) is 0 Å². The van der Waals surface area contributed by atoms with Crippen LogP contribution < -0.4 is 0 Å². The molecule has 1 unspecified atom stereocenters. The predicted molar refractivity (Wildman–Crippen MR) is 57.8 cm³/mol. The molecule has 0 radical (unpaired) electrons. The van der Waals surface area contributed by atoms with Crippen molar-refractivity contribution < 1.29 is 9.50 Å². The molecule has 0 aliphatic heterocycles. The zero-order valence-electron chi connectivity index (χ0n) is 9.28. The lowest BCUT2D eigenvalue weighted by Gasteiger charge is -2.16. The molecular formula is C12H18FNO. The van der Waals surface area contributed by atoms with Crippen molar-refractivity contribution in [1.82, 2.24) is 4.98 Å². The summed E-state index contributed by atoms with van der Waals surface area (Å²) in [7, 11) is 0. The molecule has 0 spiro atoms. The third-order valence-electron chi connectivity index (χ3n) is 2.80. The van der Waals surface area contributed by atoms with E-state index in [1.165, 1.54) is 6.07 Å². The van der Waals surface area contributed by atoms with Gasteiger partial charge in [0.25, 0.3) is 0 Å². The lowest BCUT2D eigenvalue weighted by atomic mass is 9.95. The van der Waals surface area contributed by atoms with Gasteiger partial charge in [-0.05, 0) is 24.5 Å². The van der Waals surface area contributed by atoms with Crippen LogP contribution in [-0.4, -0.2) is 10.1 Å². The first-order valence-corrected chi connectivity index (χ1v) is 5.46. The van der Waals surface area contributed by atoms with E-state index in [4.69, 9.17) is 0 Å². The highest BCUT2D eigenvalue weighted by atomic mass is 19.1. The van der Waals surface area contributed by atoms with Crippen LogP contribution in [-0.2, 0) is 0 Å². The molecule has 15 heavy (non-hydrogen) atoms. The minimum absolute atomic E-state index is 0.367. The summed E-state index contributed by atoms with van der Waals surface area (Å²) in [5, 5.41) is 9.86. The van der Waals surface area contributed by atoms with E-state index in [-0.39, 0.29) is 5.82 Å². The molecule has 2 nitrogen and oxygen atoms in total. The highest BCUT2D eigenvalue weighted by Gasteiger charge is 2.14. The van der Waals surface area contributed by atoms with E-state index in [1.54, 1.807) is 6.07 Å². The van der Waals surface area contributed by atoms with Crippen molar-refractivity contribution in [3.8, 4) is 0 Å². The van der Waals surface area contributed by atoms with Crippen molar-refractivity contribution >= 4 is 0 Å². The van der Waals surface area contributed by atoms with Gasteiger partial charge in [-0.25, -0.2) is 4.39 Å². The first-order valence-electron chi connectivity index (χ1n) is 5.46. The fourth-order valence-electron chi connectivity index (χ4n) is 1.64. The Balaban J connectivity index is 2.60. The van der Waals surface area contributed by atoms with Gasteiger partial charge in [-0.3, -0.25) is 4.98 Å². The molecule has 84 valence electrons. The smallest absolute Gasteiger partial charge is 0.141 e. The maximum absolute atomic E-state index is 12.6. The number of rotatable bonds is 5. The fraction of sp³-hybridized carbons (Fsp3) is 0.583. The molecule has 1 aromatic heterocycles. The Hall–Kier alpha value is -0.960. The standard InChI is InChI=1S/C12H18FNO/c1-3-9(4-2)7-12(15)11-6-5-10(13)8-14-11/h5-6,8-9,12,15H,3-4,7H2,1-2H3. The molecule has 0 aliphatic carbocycles. The number of aromatic nitrogens is 1. The number of pyridine rings is 1. The lowest BCUT2D eigenvalue weighted by molar-refractivity contribution is 0.137. The second kappa shape index (κ2) is 5.81. The Morgan fingerprint density at radius 1 is 1.33 bits per heavy atom. The predicted octanol–water partition coefficient (Wildman–Crippen LogP) is 3.08. The summed E-state index contributed by atoms with van der Waals surface area (Å²) in [6, 6.07) is 2.88. The van der Waals surface area contributed by atoms with Crippen LogP contribution >= 0.6 is 0 Å². The Morgan fingerprint density at radius 3 is 2.47 bits per heavy atom. The molecule has 0 fully saturated rings. The van der Waals surface area contributed by atoms with Crippen LogP contribution in [0, 0.1) is 11.7 Å². The van der Waals surface area contributed by atoms with E-state index in [0.717, 1.165) is 19.0 Å². The van der Waals surface area contributed by atoms with Crippen LogP contribution in [0.1, 0.15) is 44.9 Å². The Kier molecular flexibility index (Phi) is 4.69. The van der Waals surface area contributed by atoms with Gasteiger partial charge in [-0.1, -0.05) is 26.7 Å². The van der Waals surface area contributed by atoms with Crippen molar-refractivity contribution in [3.63, 3.8) is 0 Å². The van der Waals surface area contributed by atoms with Gasteiger partial charge in [0, 0.05) is 0 Å². The number of aliphatic hydroxyl groups is 1. The number of halogens is 1. The molecule has 0 aliphatic rings. The minimum Gasteiger partial charge on any atom is -0.387 e. The number of hydrogen-bond acceptors (Lipinski definition) is 2. The zero-order chi connectivity index (χ0) is 11.3. The fourth-order valence-corrected chi connectivity index (χ4v) is 1.64. The van der Waals surface area contributed by atoms with Gasteiger partial charge >= 0.3 is 0 Å². The minimum atomic E-state index is -0.574. The summed E-state index contributed by atoms with van der Waals surface area (Å²) in [4.78, 5) is 3.87. The first kappa shape index (κ1) is 12.1. The first-order chi connectivity index (χ1) is 7.17. The van der Waals surface area contributed by atoms with Gasteiger partial charge in [0.1, 0.15) is 5.82 Å². The van der Waals surface area contributed by atoms with Crippen molar-refractivity contribution in [3.05, 3.63) is 29.8 Å². The highest BCUT2D eigenvalue weighted by molar-refractivity contribution is 5.08. The molecule has 1 heterocycles. The SMILES string of the molecule is CCC(CC)CC(O)c1ccc(F)cn1. The quantitative estimate of drug-likeness (QED) is 0.811. The van der Waals surface area contributed by atoms with E-state index in [1.807, 2.05) is 0 Å². The van der Waals surface area contributed by atoms with Crippen molar-refractivity contribution in [2.24, 2.45) is 5.92 Å². The van der Waals surface area contributed by atoms with Crippen LogP contribution in [0.3, 0.4) is 0 Å². The second-order valence-corrected chi connectivity index (χ2v) is 3.84. The van der Waals surface area contributed by atoms with Crippen LogP contribution in [0.2, 0.25) is 0 Å². The second-order valence-electron chi connectivity index (χ2n) is 3.84. The molecule has 1 N–H and O–H groups in total. The summed E-state index contributed by atoms with van der Waals surface area (Å²) in [6.07, 6.45) is 3.37. The van der Waals surface area contributed by atoms with E-state index in [0.29, 0.717) is 18.0 Å². The molecule has 3 heteroatoms. The maximum Gasteiger partial charge on any atom is 0.141 e. The van der Waals surface area contributed by atoms with E-state index in [2.05, 4.69) is 18.8 Å². The third kappa shape index (κ3) is 3.59. The molecule has 0 amide bonds. The van der Waals surface area contributed by atoms with Crippen LogP contribution in [0.4, 0.5) is 4.39 Å². The molecule has 1 aromatic rings. The van der Waals surface area contributed by atoms with Gasteiger partial charge in [-0.2, -0.15) is 0 Å². The molecule has 0 bridgehead atoms. The van der Waals surface area contributed by atoms with Crippen LogP contribution in [0.5, 0.6) is 0 Å². The van der Waals surface area contributed by atoms with Crippen molar-refractivity contribution in [2.45, 2.75) is 39.2 Å². The van der Waals surface area contributed by atoms with Gasteiger partial charge < -0.3 is 5.11 Å². The van der Waals surface area contributed by atoms with E-state index in [9.17, 15) is 9.50 Å². The Bertz CT molecular complexity index is 282. The summed E-state index contributed by atoms with van der Waals surface area (Å²) in [5.74, 6) is 0.139. The summed E-state index contributed by atoms with van der Waals surface area (Å²) < 4.78 is 12.6. The zero-order valence-corrected chi connectivity index (χ0v) is 9.28. The lowest BCUT2D eigenvalue weighted by Crippen LogP contribution is -2.07. The largest absolute Gasteiger partial charge is 0.387 e. The van der Waals surface area contributed by atoms with Crippen molar-refractivity contribution in [1.29, 1.82) is 0 Å². The third-order valence-corrected chi connectivity index (χ3v) is 2.80. The molecule has 0 saturated carbocycles. The summed E-state index contributed by atoms with van der Waals surface area (Å²) in [5.41, 5.74) is 0.559. The van der Waals surface area contributed by atoms with Crippen molar-refractivity contribution in [2.75, 3.05) is 0 Å². The average Bonchev–Trinajstić information content (AvgIpc) is 2.26. The maximum atomic E-state index is 12.6. The molecule has 0 aromatic carbocycles. The topological polar surface area (TPSA) is 33.1 Å². The summed E-state index contributed by atoms with van der Waals surface area (Å²) in [6.45, 7) is 4.22. The van der Waals surface area contributed by atoms with Gasteiger partial charge in [0.2, 0.25) is 0 Å². The van der Waals surface area contributed by atoms with Crippen LogP contribution in [0.15, 0.2) is 18.3 Å². The van der Waals surface area contributed by atoms with Gasteiger partial charge in [-0.15, -0.1) is 0 Å². The highest BCUT2D eigenvalue weighted by Crippen LogP contribution is 2.23. The van der Waals surface area contributed by atoms with E-state index < -0.39 is 6.10 Å². The summed E-state index contributed by atoms with van der Waals surface area (Å²) >= 11 is 0. The van der Waals surface area contributed by atoms with Gasteiger partial charge in [0.05, 0.1) is 18.0 Å². The average molecular weight is 211 g/mol. The van der Waals surface area contributed by atoms with Gasteiger partial charge in [0.15, 0.2) is 0 Å². The number of aliphatic hydroxyl groups excluding tert-OH is 1. The molecule has 1 atom stereocenters. The molecule has 0 saturated heterocycles. The molecular weight excluding hydrogens is 193 g/mol. The normalized spacial score (nSPS) is 13.1. The molecule has 1 rings (SSSR count). The number of hydrogen-bond donors (Lipinski definition) is 1. The Morgan fingerprint density at radius 2 is 2.00 bits per heavy atom. The Labute approximate surface area is 90.2 Å². The monoisotopic (exact) mass is 211 g/mol.